The molecule has 0 aliphatic carbocycles. The number of rotatable bonds is 56. The summed E-state index contributed by atoms with van der Waals surface area (Å²) in [7, 11) is 0. The van der Waals surface area contributed by atoms with Gasteiger partial charge in [-0.2, -0.15) is 0 Å². The molecule has 112 heavy (non-hydrogen) atoms. The fraction of sp³-hybridized carbons (Fsp3) is 0.616. The van der Waals surface area contributed by atoms with Crippen molar-refractivity contribution in [1.29, 1.82) is 0 Å². The molecular weight excluding hydrogens is 1470 g/mol. The van der Waals surface area contributed by atoms with E-state index in [0.29, 0.717) is 11.4 Å². The van der Waals surface area contributed by atoms with Crippen LogP contribution in [0, 0.1) is 47.3 Å². The van der Waals surface area contributed by atoms with Crippen LogP contribution >= 0.6 is 0 Å². The lowest BCUT2D eigenvalue weighted by atomic mass is 9.90. The molecule has 39 nitrogen and oxygen atoms in total. The largest absolute Gasteiger partial charge is 0.481 e. The molecule has 0 radical (unpaired) electrons. The minimum absolute atomic E-state index is 0.183. The summed E-state index contributed by atoms with van der Waals surface area (Å²) in [6.07, 6.45) is -4.96. The van der Waals surface area contributed by atoms with Gasteiger partial charge in [-0.15, -0.1) is 0 Å². The standard InChI is InChI=1S/C73H106N14O25/c1-34(67(106)81-39(6)58(94)26-51(42(9)90)72(111)86-53(23-47-28-75-31-78-47)60(96)20-44(66(74)105)11-14-63(99)100)18-57(93)38(5)84-70(109)46(13-16-65(103)104)22-62(98)55(25-49-30-77-33-80-49)87-73(112)52(43(10)91)27-59(95)40(7)82-68(107)35(2)17-56(92)37(4)83-69(108)45(12-15-64(101)102)21-61(97)54(24-48-29-76-32-79-48)85-71(110)50(41(8)89)19-36(3)88/h28-35,37-46,50-55,89-91H,11-27H2,1-10H3,(H2,74,105)(H,75,78)(H,76,79)(H,77,80)(H,81,106)(H,82,107)(H,83,108)(H,84,109)(H,85,110)(H,86,111)(H,87,112)(H,99,100)(H,101,102)(H,103,104)/t34-,35-,37+,38+,39+,40+,41-,42-,43-,44-,45-,46-,50+,51+,52+,53+,54+,55+/m0/s1. The van der Waals surface area contributed by atoms with Crippen LogP contribution in [0.3, 0.4) is 0 Å². The molecule has 0 aliphatic heterocycles. The fourth-order valence-electron chi connectivity index (χ4n) is 11.8. The molecule has 0 bridgehead atoms. The summed E-state index contributed by atoms with van der Waals surface area (Å²) >= 11 is 0. The zero-order chi connectivity index (χ0) is 84.5. The van der Waals surface area contributed by atoms with E-state index in [4.69, 9.17) is 10.8 Å². The molecular formula is C73H106N14O25. The van der Waals surface area contributed by atoms with E-state index in [-0.39, 0.29) is 37.8 Å². The Morgan fingerprint density at radius 2 is 0.607 bits per heavy atom. The zero-order valence-electron chi connectivity index (χ0n) is 64.2. The Morgan fingerprint density at radius 3 is 0.857 bits per heavy atom. The second-order valence-electron chi connectivity index (χ2n) is 28.7. The molecule has 0 spiro atoms. The molecule has 18 atom stereocenters. The highest BCUT2D eigenvalue weighted by Crippen LogP contribution is 2.23. The van der Waals surface area contributed by atoms with Crippen LogP contribution in [0.15, 0.2) is 37.6 Å². The number of hydrogen-bond acceptors (Lipinski definition) is 25. The number of aliphatic carboxylic acids is 3. The average Bonchev–Trinajstić information content (AvgIpc) is 1.04. The number of hydrogen-bond donors (Lipinski definition) is 17. The minimum Gasteiger partial charge on any atom is -0.481 e. The first-order chi connectivity index (χ1) is 52.4. The maximum atomic E-state index is 14.4. The van der Waals surface area contributed by atoms with Crippen LogP contribution < -0.4 is 43.0 Å². The van der Waals surface area contributed by atoms with Crippen molar-refractivity contribution in [2.75, 3.05) is 0 Å². The zero-order valence-corrected chi connectivity index (χ0v) is 64.2. The van der Waals surface area contributed by atoms with Gasteiger partial charge >= 0.3 is 17.9 Å². The van der Waals surface area contributed by atoms with Gasteiger partial charge in [-0.05, 0) is 74.7 Å². The quantitative estimate of drug-likeness (QED) is 0.0298. The number of H-pyrrole nitrogens is 3. The number of carboxylic acid groups (broad SMARTS) is 3. The highest BCUT2D eigenvalue weighted by atomic mass is 16.4. The lowest BCUT2D eigenvalue weighted by Gasteiger charge is -2.26. The first-order valence-corrected chi connectivity index (χ1v) is 36.6. The van der Waals surface area contributed by atoms with Crippen LogP contribution in [0.25, 0.3) is 0 Å². The average molecular weight is 1580 g/mol. The molecule has 0 saturated heterocycles. The number of nitrogens with zero attached hydrogens (tertiary/aromatic N) is 3. The number of aromatic nitrogens is 6. The number of imidazole rings is 3. The molecule has 3 aromatic rings. The minimum atomic E-state index is -1.61. The van der Waals surface area contributed by atoms with Crippen molar-refractivity contribution in [3.05, 3.63) is 54.7 Å². The highest BCUT2D eigenvalue weighted by Gasteiger charge is 2.39. The number of nitrogens with one attached hydrogen (secondary N) is 10. The number of amides is 8. The Morgan fingerprint density at radius 1 is 0.348 bits per heavy atom. The van der Waals surface area contributed by atoms with Crippen LogP contribution in [0.5, 0.6) is 0 Å². The molecule has 39 heteroatoms. The van der Waals surface area contributed by atoms with E-state index in [1.165, 1.54) is 107 Å². The summed E-state index contributed by atoms with van der Waals surface area (Å²) in [6, 6.07) is -9.73. The fourth-order valence-corrected chi connectivity index (χ4v) is 11.8. The lowest BCUT2D eigenvalue weighted by Crippen LogP contribution is -2.50. The van der Waals surface area contributed by atoms with Gasteiger partial charge in [0.15, 0.2) is 40.5 Å². The molecule has 3 heterocycles. The summed E-state index contributed by atoms with van der Waals surface area (Å²) in [5.74, 6) is -27.9. The SMILES string of the molecule is CC(=O)C[C@@H](C(=O)N[C@H](Cc1cnc[nH]1)C(=O)C[C@H](CCC(=O)O)C(=O)N[C@H](C)C(=O)C[C@H](C)C(=O)N[C@H](C)C(=O)C[C@@H](C(=O)N[C@H](Cc1cnc[nH]1)C(=O)C[C@H](CCC(=O)O)C(=O)N[C@H](C)C(=O)C[C@H](C)C(=O)N[C@H](C)C(=O)C[C@@H](C(=O)N[C@H](Cc1cnc[nH]1)C(=O)C[C@H](CCC(=O)O)C(N)=O)[C@H](C)O)[C@H](C)O)[C@H](C)O. The number of aromatic amines is 3. The van der Waals surface area contributed by atoms with E-state index in [0.717, 1.165) is 0 Å². The second kappa shape index (κ2) is 46.6. The molecule has 0 saturated carbocycles. The van der Waals surface area contributed by atoms with E-state index < -0.39 is 296 Å². The molecule has 0 aliphatic rings. The van der Waals surface area contributed by atoms with Gasteiger partial charge in [-0.25, -0.2) is 15.0 Å². The Bertz CT molecular complexity index is 3780. The third-order valence-electron chi connectivity index (χ3n) is 19.0. The summed E-state index contributed by atoms with van der Waals surface area (Å²) in [5.41, 5.74) is 6.45. The van der Waals surface area contributed by atoms with Gasteiger partial charge in [0.05, 0.1) is 97.3 Å². The van der Waals surface area contributed by atoms with Crippen molar-refractivity contribution in [3.8, 4) is 0 Å². The summed E-state index contributed by atoms with van der Waals surface area (Å²) in [5, 5.41) is 77.5. The lowest BCUT2D eigenvalue weighted by molar-refractivity contribution is -0.140. The first-order valence-electron chi connectivity index (χ1n) is 36.6. The van der Waals surface area contributed by atoms with Crippen molar-refractivity contribution in [2.24, 2.45) is 53.1 Å². The number of carbonyl (C=O) groups is 19. The van der Waals surface area contributed by atoms with Crippen LogP contribution in [-0.2, 0) is 110 Å². The topological polar surface area (TPSA) is 642 Å². The molecule has 8 amide bonds. The van der Waals surface area contributed by atoms with Crippen LogP contribution in [0.4, 0.5) is 0 Å². The van der Waals surface area contributed by atoms with Gasteiger partial charge < -0.3 is 93.3 Å². The Balaban J connectivity index is 1.68. The smallest absolute Gasteiger partial charge is 0.303 e. The van der Waals surface area contributed by atoms with Crippen molar-refractivity contribution in [3.63, 3.8) is 0 Å². The predicted molar refractivity (Wildman–Crippen MR) is 390 cm³/mol. The summed E-state index contributed by atoms with van der Waals surface area (Å²) in [4.78, 5) is 271. The Labute approximate surface area is 644 Å². The van der Waals surface area contributed by atoms with Crippen LogP contribution in [0.2, 0.25) is 0 Å². The number of carbonyl (C=O) groups excluding carboxylic acids is 16. The number of carboxylic acids is 3. The third-order valence-corrected chi connectivity index (χ3v) is 19.0. The Kier molecular flexibility index (Phi) is 39.7. The van der Waals surface area contributed by atoms with Gasteiger partial charge in [0, 0.05) is 155 Å². The normalized spacial score (nSPS) is 16.2. The number of aliphatic hydroxyl groups is 3. The van der Waals surface area contributed by atoms with Gasteiger partial charge in [0.25, 0.3) is 0 Å². The van der Waals surface area contributed by atoms with Gasteiger partial charge in [-0.3, -0.25) is 86.3 Å². The molecule has 18 N–H and O–H groups in total. The number of aliphatic hydroxyl groups excluding tert-OH is 3. The molecule has 3 rings (SSSR count). The molecule has 618 valence electrons. The Hall–Kier alpha value is -11.0. The monoisotopic (exact) mass is 1580 g/mol. The van der Waals surface area contributed by atoms with Gasteiger partial charge in [0.2, 0.25) is 47.3 Å². The number of ketones is 8. The number of Topliss-reactive ketones (excluding diaryl/α,β-unsaturated/α-hetero) is 8. The molecule has 3 aromatic heterocycles. The van der Waals surface area contributed by atoms with Gasteiger partial charge in [0.1, 0.15) is 5.78 Å². The van der Waals surface area contributed by atoms with E-state index in [1.54, 1.807) is 0 Å². The maximum Gasteiger partial charge on any atom is 0.303 e. The van der Waals surface area contributed by atoms with Crippen LogP contribution in [0.1, 0.15) is 176 Å². The van der Waals surface area contributed by atoms with Crippen molar-refractivity contribution < 1.29 is 122 Å². The highest BCUT2D eigenvalue weighted by molar-refractivity contribution is 6.01. The van der Waals surface area contributed by atoms with Crippen molar-refractivity contribution in [2.45, 2.75) is 239 Å². The number of nitrogens with two attached hydrogens (primary N) is 1. The number of primary amides is 1. The summed E-state index contributed by atoms with van der Waals surface area (Å²) in [6.45, 7) is 12.6. The molecule has 0 unspecified atom stereocenters. The van der Waals surface area contributed by atoms with E-state index >= 15 is 0 Å². The summed E-state index contributed by atoms with van der Waals surface area (Å²) < 4.78 is 0. The van der Waals surface area contributed by atoms with E-state index in [2.05, 4.69) is 67.1 Å². The third kappa shape index (κ3) is 33.3. The van der Waals surface area contributed by atoms with E-state index in [1.807, 2.05) is 0 Å². The van der Waals surface area contributed by atoms with Crippen LogP contribution in [-0.4, -0.2) is 233 Å². The second-order valence-corrected chi connectivity index (χ2v) is 28.7. The molecule has 0 fully saturated rings. The molecule has 0 aromatic carbocycles. The van der Waals surface area contributed by atoms with Gasteiger partial charge in [-0.1, -0.05) is 13.8 Å². The first kappa shape index (κ1) is 95.2. The van der Waals surface area contributed by atoms with Crippen molar-refractivity contribution >= 4 is 111 Å². The maximum absolute atomic E-state index is 14.4. The predicted octanol–water partition coefficient (Wildman–Crippen LogP) is -1.76. The van der Waals surface area contributed by atoms with E-state index in [9.17, 15) is 117 Å². The van der Waals surface area contributed by atoms with Crippen molar-refractivity contribution in [1.82, 2.24) is 67.1 Å².